The van der Waals surface area contributed by atoms with Crippen LogP contribution in [0.4, 0.5) is 0 Å². The van der Waals surface area contributed by atoms with Crippen LogP contribution in [0.15, 0.2) is 12.7 Å². The predicted molar refractivity (Wildman–Crippen MR) is 87.6 cm³/mol. The highest BCUT2D eigenvalue weighted by atomic mass is 32.3. The summed E-state index contributed by atoms with van der Waals surface area (Å²) in [5.74, 6) is -1.97. The van der Waals surface area contributed by atoms with Crippen LogP contribution in [-0.4, -0.2) is 83.6 Å². The lowest BCUT2D eigenvalue weighted by Crippen LogP contribution is -2.55. The minimum Gasteiger partial charge on any atom is -0.407 e. The van der Waals surface area contributed by atoms with Gasteiger partial charge in [-0.1, -0.05) is 13.5 Å². The number of esters is 1. The van der Waals surface area contributed by atoms with E-state index < -0.39 is 45.3 Å². The molecule has 0 fully saturated rings. The Hall–Kier alpha value is -1.18. The van der Waals surface area contributed by atoms with E-state index in [2.05, 4.69) is 11.3 Å². The van der Waals surface area contributed by atoms with Crippen LogP contribution in [0.25, 0.3) is 0 Å². The summed E-state index contributed by atoms with van der Waals surface area (Å²) in [6.07, 6.45) is 0.715. The quantitative estimate of drug-likeness (QED) is 0.117. The summed E-state index contributed by atoms with van der Waals surface area (Å²) >= 11 is 0. The van der Waals surface area contributed by atoms with Gasteiger partial charge in [-0.15, -0.1) is 0 Å². The van der Waals surface area contributed by atoms with Crippen LogP contribution in [0.5, 0.6) is 0 Å². The van der Waals surface area contributed by atoms with E-state index in [1.54, 1.807) is 0 Å². The second kappa shape index (κ2) is 9.85. The molecule has 0 spiro atoms. The summed E-state index contributed by atoms with van der Waals surface area (Å²) in [6.45, 7) is 4.04. The molecular formula is C10H20O14S3. The van der Waals surface area contributed by atoms with Crippen LogP contribution in [0.3, 0.4) is 0 Å². The number of hydrogen-bond donors (Lipinski definition) is 6. The maximum Gasteiger partial charge on any atom is 0.486 e. The van der Waals surface area contributed by atoms with Crippen LogP contribution in [0, 0.1) is 5.41 Å². The van der Waals surface area contributed by atoms with Crippen molar-refractivity contribution < 1.29 is 63.8 Å². The molecular weight excluding hydrogens is 440 g/mol. The standard InChI is InChI=1S/C6H14O3.C4H6O11S3/c1-2-6(3-7,4-8)5-9;1-2-3(5)15-4(16(6,7)8,17(9,10)11)18(12,13)14/h7-9H,2-5H2,1H3;2H,1H2,(H,6,7,8)(H,9,10,11)(H,12,13,14). The van der Waals surface area contributed by atoms with Crippen molar-refractivity contribution in [2.75, 3.05) is 19.8 Å². The lowest BCUT2D eigenvalue weighted by Gasteiger charge is -2.24. The van der Waals surface area contributed by atoms with Crippen LogP contribution < -0.4 is 0 Å². The van der Waals surface area contributed by atoms with Crippen LogP contribution in [0.1, 0.15) is 13.3 Å². The molecule has 0 unspecified atom stereocenters. The Bertz CT molecular complexity index is 722. The lowest BCUT2D eigenvalue weighted by molar-refractivity contribution is -0.139. The highest BCUT2D eigenvalue weighted by Crippen LogP contribution is 2.31. The molecule has 0 aliphatic carbocycles. The number of carbonyl (C=O) groups excluding carboxylic acids is 1. The molecule has 0 aromatic carbocycles. The summed E-state index contributed by atoms with van der Waals surface area (Å²) < 4.78 is 88.6. The first-order valence-electron chi connectivity index (χ1n) is 6.54. The zero-order valence-corrected chi connectivity index (χ0v) is 16.2. The van der Waals surface area contributed by atoms with Crippen molar-refractivity contribution in [1.29, 1.82) is 0 Å². The van der Waals surface area contributed by atoms with Gasteiger partial charge in [-0.25, -0.2) is 4.79 Å². The SMILES string of the molecule is C=CC(=O)OC(S(=O)(=O)O)(S(=O)(=O)O)S(=O)(=O)O.CCC(CO)(CO)CO. The third-order valence-corrected chi connectivity index (χ3v) is 9.03. The molecule has 0 aromatic rings. The second-order valence-corrected chi connectivity index (χ2v) is 10.2. The Morgan fingerprint density at radius 2 is 1.19 bits per heavy atom. The number of ether oxygens (including phenoxy) is 1. The van der Waals surface area contributed by atoms with E-state index in [4.69, 9.17) is 29.0 Å². The second-order valence-electron chi connectivity index (χ2n) is 4.88. The zero-order valence-electron chi connectivity index (χ0n) is 13.8. The normalized spacial score (nSPS) is 13.3. The van der Waals surface area contributed by atoms with Gasteiger partial charge in [-0.05, 0) is 6.42 Å². The molecule has 0 aliphatic rings. The third-order valence-electron chi connectivity index (χ3n) is 3.10. The monoisotopic (exact) mass is 460 g/mol. The van der Waals surface area contributed by atoms with Crippen molar-refractivity contribution in [3.05, 3.63) is 12.7 Å². The topological polar surface area (TPSA) is 250 Å². The van der Waals surface area contributed by atoms with Crippen molar-refractivity contribution in [2.45, 2.75) is 16.9 Å². The van der Waals surface area contributed by atoms with E-state index in [0.717, 1.165) is 0 Å². The summed E-state index contributed by atoms with van der Waals surface area (Å²) in [5.41, 5.74) is -0.667. The predicted octanol–water partition coefficient (Wildman–Crippen LogP) is -2.65. The average molecular weight is 460 g/mol. The van der Waals surface area contributed by atoms with E-state index in [9.17, 15) is 30.0 Å². The average Bonchev–Trinajstić information content (AvgIpc) is 2.52. The van der Waals surface area contributed by atoms with Crippen molar-refractivity contribution in [3.8, 4) is 0 Å². The van der Waals surface area contributed by atoms with Crippen LogP contribution in [0.2, 0.25) is 0 Å². The number of carbonyl (C=O) groups is 1. The van der Waals surface area contributed by atoms with Gasteiger partial charge in [0.25, 0.3) is 0 Å². The van der Waals surface area contributed by atoms with Gasteiger partial charge in [0, 0.05) is 11.5 Å². The Morgan fingerprint density at radius 3 is 1.30 bits per heavy atom. The lowest BCUT2D eigenvalue weighted by atomic mass is 9.88. The van der Waals surface area contributed by atoms with E-state index in [1.165, 1.54) is 0 Å². The molecule has 0 aromatic heterocycles. The van der Waals surface area contributed by atoms with Gasteiger partial charge in [0.15, 0.2) is 0 Å². The fourth-order valence-electron chi connectivity index (χ4n) is 1.21. The maximum absolute atomic E-state index is 10.8. The fraction of sp³-hybridized carbons (Fsp3) is 0.700. The Labute approximate surface area is 155 Å². The molecule has 0 heterocycles. The van der Waals surface area contributed by atoms with Gasteiger partial charge < -0.3 is 20.1 Å². The van der Waals surface area contributed by atoms with Gasteiger partial charge >= 0.3 is 39.9 Å². The van der Waals surface area contributed by atoms with Gasteiger partial charge in [0.1, 0.15) is 0 Å². The number of rotatable bonds is 9. The third kappa shape index (κ3) is 6.43. The molecule has 0 rings (SSSR count). The van der Waals surface area contributed by atoms with Crippen molar-refractivity contribution >= 4 is 36.3 Å². The molecule has 6 N–H and O–H groups in total. The van der Waals surface area contributed by atoms with E-state index in [0.29, 0.717) is 6.42 Å². The Balaban J connectivity index is 0. The van der Waals surface area contributed by atoms with Crippen molar-refractivity contribution in [3.63, 3.8) is 0 Å². The van der Waals surface area contributed by atoms with Crippen molar-refractivity contribution in [2.24, 2.45) is 5.41 Å². The van der Waals surface area contributed by atoms with Gasteiger partial charge in [-0.2, -0.15) is 25.3 Å². The van der Waals surface area contributed by atoms with E-state index in [-0.39, 0.29) is 25.9 Å². The molecule has 0 amide bonds. The summed E-state index contributed by atoms with van der Waals surface area (Å²) in [6, 6.07) is 0. The number of aliphatic hydroxyl groups excluding tert-OH is 3. The summed E-state index contributed by atoms with van der Waals surface area (Å²) in [4.78, 5) is 10.7. The highest BCUT2D eigenvalue weighted by molar-refractivity contribution is 8.20. The Morgan fingerprint density at radius 1 is 0.889 bits per heavy atom. The molecule has 17 heteroatoms. The van der Waals surface area contributed by atoms with Gasteiger partial charge in [0.2, 0.25) is 0 Å². The molecule has 0 saturated carbocycles. The van der Waals surface area contributed by atoms with Gasteiger partial charge in [-0.3, -0.25) is 13.7 Å². The number of aliphatic hydroxyl groups is 3. The van der Waals surface area contributed by atoms with E-state index >= 15 is 0 Å². The largest absolute Gasteiger partial charge is 0.486 e. The van der Waals surface area contributed by atoms with Gasteiger partial charge in [0.05, 0.1) is 19.8 Å². The smallest absolute Gasteiger partial charge is 0.407 e. The molecule has 14 nitrogen and oxygen atoms in total. The number of hydrogen-bond acceptors (Lipinski definition) is 11. The Kier molecular flexibility index (Phi) is 10.2. The summed E-state index contributed by atoms with van der Waals surface area (Å²) in [5, 5.41) is 26.0. The van der Waals surface area contributed by atoms with E-state index in [1.807, 2.05) is 6.92 Å². The molecule has 162 valence electrons. The minimum atomic E-state index is -6.31. The molecule has 0 aliphatic heterocycles. The first kappa shape index (κ1) is 28.0. The maximum atomic E-state index is 10.8. The zero-order chi connectivity index (χ0) is 22.3. The molecule has 0 bridgehead atoms. The van der Waals surface area contributed by atoms with Crippen molar-refractivity contribution in [1.82, 2.24) is 0 Å². The highest BCUT2D eigenvalue weighted by Gasteiger charge is 2.69. The van der Waals surface area contributed by atoms with Crippen LogP contribution >= 0.6 is 0 Å². The first-order valence-corrected chi connectivity index (χ1v) is 10.9. The molecule has 27 heavy (non-hydrogen) atoms. The summed E-state index contributed by atoms with van der Waals surface area (Å²) in [7, 11) is -18.9. The minimum absolute atomic E-state index is 0.121. The molecule has 0 radical (unpaired) electrons. The first-order chi connectivity index (χ1) is 11.9. The van der Waals surface area contributed by atoms with Crippen LogP contribution in [-0.2, 0) is 39.9 Å². The molecule has 0 saturated heterocycles. The fourth-order valence-corrected chi connectivity index (χ4v) is 4.96. The molecule has 0 atom stereocenters.